The van der Waals surface area contributed by atoms with E-state index in [1.165, 1.54) is 10.4 Å². The van der Waals surface area contributed by atoms with Gasteiger partial charge in [0.05, 0.1) is 10.9 Å². The van der Waals surface area contributed by atoms with E-state index in [0.717, 1.165) is 22.4 Å². The van der Waals surface area contributed by atoms with Crippen LogP contribution >= 0.6 is 27.3 Å². The minimum atomic E-state index is 0.114. The molecule has 0 saturated heterocycles. The Morgan fingerprint density at radius 2 is 1.94 bits per heavy atom. The molecule has 2 aromatic rings. The molecule has 1 heterocycles. The van der Waals surface area contributed by atoms with Crippen molar-refractivity contribution in [3.8, 4) is 5.75 Å². The number of halogens is 1. The van der Waals surface area contributed by atoms with Gasteiger partial charge in [0.1, 0.15) is 5.75 Å². The monoisotopic (exact) mass is 325 g/mol. The zero-order valence-corrected chi connectivity index (χ0v) is 12.6. The van der Waals surface area contributed by atoms with E-state index in [1.54, 1.807) is 18.4 Å². The van der Waals surface area contributed by atoms with Crippen molar-refractivity contribution in [1.82, 2.24) is 0 Å². The molecule has 0 aliphatic heterocycles. The van der Waals surface area contributed by atoms with Crippen LogP contribution in [0.3, 0.4) is 0 Å². The van der Waals surface area contributed by atoms with E-state index in [2.05, 4.69) is 34.1 Å². The van der Waals surface area contributed by atoms with Crippen LogP contribution in [0.5, 0.6) is 5.75 Å². The fourth-order valence-electron chi connectivity index (χ4n) is 1.78. The Bertz CT molecular complexity index is 495. The van der Waals surface area contributed by atoms with E-state index >= 15 is 0 Å². The normalized spacial score (nSPS) is 12.4. The molecule has 1 unspecified atom stereocenters. The Balaban J connectivity index is 1.90. The summed E-state index contributed by atoms with van der Waals surface area (Å²) in [6.07, 6.45) is 1.94. The molecular formula is C14H16BrNOS. The van der Waals surface area contributed by atoms with Gasteiger partial charge >= 0.3 is 0 Å². The number of nitrogens with two attached hydrogens (primary N) is 1. The lowest BCUT2D eigenvalue weighted by Crippen LogP contribution is -2.09. The number of aryl methyl sites for hydroxylation is 1. The highest BCUT2D eigenvalue weighted by molar-refractivity contribution is 9.11. The van der Waals surface area contributed by atoms with Crippen LogP contribution in [0.1, 0.15) is 22.9 Å². The third-order valence-electron chi connectivity index (χ3n) is 2.86. The summed E-state index contributed by atoms with van der Waals surface area (Å²) >= 11 is 5.17. The lowest BCUT2D eigenvalue weighted by atomic mass is 10.0. The smallest absolute Gasteiger partial charge is 0.118 e. The van der Waals surface area contributed by atoms with Crippen molar-refractivity contribution in [2.75, 3.05) is 7.11 Å². The van der Waals surface area contributed by atoms with Crippen LogP contribution in [0.4, 0.5) is 0 Å². The van der Waals surface area contributed by atoms with Crippen LogP contribution in [-0.4, -0.2) is 7.11 Å². The zero-order chi connectivity index (χ0) is 13.0. The van der Waals surface area contributed by atoms with Crippen molar-refractivity contribution in [2.24, 2.45) is 5.73 Å². The molecule has 0 aliphatic rings. The van der Waals surface area contributed by atoms with E-state index in [9.17, 15) is 0 Å². The summed E-state index contributed by atoms with van der Waals surface area (Å²) in [6, 6.07) is 12.4. The van der Waals surface area contributed by atoms with Crippen molar-refractivity contribution in [1.29, 1.82) is 0 Å². The van der Waals surface area contributed by atoms with Gasteiger partial charge in [0.15, 0.2) is 0 Å². The molecule has 0 amide bonds. The second-order valence-electron chi connectivity index (χ2n) is 4.14. The lowest BCUT2D eigenvalue weighted by Gasteiger charge is -2.09. The van der Waals surface area contributed by atoms with Gasteiger partial charge < -0.3 is 10.5 Å². The maximum Gasteiger partial charge on any atom is 0.118 e. The molecule has 0 spiro atoms. The van der Waals surface area contributed by atoms with Crippen LogP contribution in [0.25, 0.3) is 0 Å². The molecule has 2 nitrogen and oxygen atoms in total. The van der Waals surface area contributed by atoms with Crippen molar-refractivity contribution in [2.45, 2.75) is 18.9 Å². The summed E-state index contributed by atoms with van der Waals surface area (Å²) in [5.74, 6) is 0.894. The highest BCUT2D eigenvalue weighted by atomic mass is 79.9. The van der Waals surface area contributed by atoms with Gasteiger partial charge in [-0.3, -0.25) is 0 Å². The molecule has 0 saturated carbocycles. The Hall–Kier alpha value is -0.840. The summed E-state index contributed by atoms with van der Waals surface area (Å²) in [4.78, 5) is 1.23. The maximum absolute atomic E-state index is 6.18. The van der Waals surface area contributed by atoms with E-state index < -0.39 is 0 Å². The third kappa shape index (κ3) is 3.57. The second-order valence-corrected chi connectivity index (χ2v) is 6.63. The molecule has 0 fully saturated rings. The predicted octanol–water partition coefficient (Wildman–Crippen LogP) is 4.15. The van der Waals surface area contributed by atoms with E-state index in [-0.39, 0.29) is 6.04 Å². The molecule has 0 aliphatic carbocycles. The SMILES string of the molecule is COc1ccc(CCC(N)c2ccc(Br)s2)cc1. The van der Waals surface area contributed by atoms with Gasteiger partial charge in [-0.2, -0.15) is 0 Å². The highest BCUT2D eigenvalue weighted by Gasteiger charge is 2.08. The van der Waals surface area contributed by atoms with Crippen LogP contribution in [0, 0.1) is 0 Å². The number of methoxy groups -OCH3 is 1. The largest absolute Gasteiger partial charge is 0.497 e. The van der Waals surface area contributed by atoms with E-state index in [1.807, 2.05) is 18.2 Å². The Kier molecular flexibility index (Phi) is 4.80. The fourth-order valence-corrected chi connectivity index (χ4v) is 3.24. The molecule has 4 heteroatoms. The summed E-state index contributed by atoms with van der Waals surface area (Å²) in [7, 11) is 1.68. The first kappa shape index (κ1) is 13.6. The zero-order valence-electron chi connectivity index (χ0n) is 10.2. The Morgan fingerprint density at radius 3 is 2.50 bits per heavy atom. The second kappa shape index (κ2) is 6.36. The number of rotatable bonds is 5. The van der Waals surface area contributed by atoms with Gasteiger partial charge in [0.2, 0.25) is 0 Å². The van der Waals surface area contributed by atoms with Crippen molar-refractivity contribution in [3.63, 3.8) is 0 Å². The first-order valence-electron chi connectivity index (χ1n) is 5.83. The minimum absolute atomic E-state index is 0.114. The summed E-state index contributed by atoms with van der Waals surface area (Å²) in [5.41, 5.74) is 7.47. The van der Waals surface area contributed by atoms with E-state index in [4.69, 9.17) is 10.5 Å². The van der Waals surface area contributed by atoms with Crippen LogP contribution < -0.4 is 10.5 Å². The van der Waals surface area contributed by atoms with Crippen LogP contribution in [0.15, 0.2) is 40.2 Å². The summed E-state index contributed by atoms with van der Waals surface area (Å²) < 4.78 is 6.28. The molecular weight excluding hydrogens is 310 g/mol. The number of ether oxygens (including phenoxy) is 1. The summed E-state index contributed by atoms with van der Waals surface area (Å²) in [5, 5.41) is 0. The standard InChI is InChI=1S/C14H16BrNOS/c1-17-11-5-2-10(3-6-11)4-7-12(16)13-8-9-14(15)18-13/h2-3,5-6,8-9,12H,4,7,16H2,1H3. The Labute approximate surface area is 120 Å². The molecule has 1 aromatic heterocycles. The minimum Gasteiger partial charge on any atom is -0.497 e. The van der Waals surface area contributed by atoms with Crippen LogP contribution in [0.2, 0.25) is 0 Å². The quantitative estimate of drug-likeness (QED) is 0.896. The number of thiophene rings is 1. The highest BCUT2D eigenvalue weighted by Crippen LogP contribution is 2.28. The van der Waals surface area contributed by atoms with Crippen molar-refractivity contribution < 1.29 is 4.74 Å². The molecule has 1 aromatic carbocycles. The molecule has 2 N–H and O–H groups in total. The molecule has 96 valence electrons. The molecule has 2 rings (SSSR count). The number of hydrogen-bond donors (Lipinski definition) is 1. The lowest BCUT2D eigenvalue weighted by molar-refractivity contribution is 0.414. The van der Waals surface area contributed by atoms with Gasteiger partial charge in [0.25, 0.3) is 0 Å². The van der Waals surface area contributed by atoms with Gasteiger partial charge in [-0.25, -0.2) is 0 Å². The molecule has 0 radical (unpaired) electrons. The van der Waals surface area contributed by atoms with Crippen molar-refractivity contribution >= 4 is 27.3 Å². The fraction of sp³-hybridized carbons (Fsp3) is 0.286. The molecule has 18 heavy (non-hydrogen) atoms. The third-order valence-corrected chi connectivity index (χ3v) is 4.62. The average molecular weight is 326 g/mol. The topological polar surface area (TPSA) is 35.2 Å². The average Bonchev–Trinajstić information content (AvgIpc) is 2.83. The first-order valence-corrected chi connectivity index (χ1v) is 7.43. The molecule has 0 bridgehead atoms. The van der Waals surface area contributed by atoms with Crippen molar-refractivity contribution in [3.05, 3.63) is 50.6 Å². The maximum atomic E-state index is 6.18. The van der Waals surface area contributed by atoms with Gasteiger partial charge in [-0.15, -0.1) is 11.3 Å². The number of benzene rings is 1. The molecule has 1 atom stereocenters. The predicted molar refractivity (Wildman–Crippen MR) is 80.3 cm³/mol. The van der Waals surface area contributed by atoms with Crippen LogP contribution in [-0.2, 0) is 6.42 Å². The Morgan fingerprint density at radius 1 is 1.22 bits per heavy atom. The van der Waals surface area contributed by atoms with Gasteiger partial charge in [-0.05, 0) is 58.6 Å². The first-order chi connectivity index (χ1) is 8.69. The van der Waals surface area contributed by atoms with E-state index in [0.29, 0.717) is 0 Å². The van der Waals surface area contributed by atoms with Gasteiger partial charge in [-0.1, -0.05) is 12.1 Å². The van der Waals surface area contributed by atoms with Gasteiger partial charge in [0, 0.05) is 10.9 Å². The summed E-state index contributed by atoms with van der Waals surface area (Å²) in [6.45, 7) is 0. The number of hydrogen-bond acceptors (Lipinski definition) is 3.